The molecule has 3 aromatic rings. The van der Waals surface area contributed by atoms with Crippen LogP contribution in [-0.4, -0.2) is 9.97 Å². The van der Waals surface area contributed by atoms with Crippen LogP contribution in [0.4, 0.5) is 4.39 Å². The first-order chi connectivity index (χ1) is 9.24. The summed E-state index contributed by atoms with van der Waals surface area (Å²) in [6.07, 6.45) is 1.46. The summed E-state index contributed by atoms with van der Waals surface area (Å²) >= 11 is 0. The van der Waals surface area contributed by atoms with Crippen molar-refractivity contribution < 1.29 is 9.13 Å². The van der Waals surface area contributed by atoms with E-state index in [1.54, 1.807) is 12.1 Å². The predicted molar refractivity (Wildman–Crippen MR) is 70.7 cm³/mol. The van der Waals surface area contributed by atoms with Crippen LogP contribution in [0.3, 0.4) is 0 Å². The van der Waals surface area contributed by atoms with Gasteiger partial charge in [-0.1, -0.05) is 12.1 Å². The van der Waals surface area contributed by atoms with E-state index >= 15 is 0 Å². The molecular formula is C15H11FN2O. The van der Waals surface area contributed by atoms with E-state index in [0.717, 1.165) is 16.5 Å². The quantitative estimate of drug-likeness (QED) is 0.696. The molecule has 19 heavy (non-hydrogen) atoms. The summed E-state index contributed by atoms with van der Waals surface area (Å²) < 4.78 is 18.6. The zero-order valence-corrected chi connectivity index (χ0v) is 10.3. The summed E-state index contributed by atoms with van der Waals surface area (Å²) in [6, 6.07) is 11.7. The van der Waals surface area contributed by atoms with Crippen LogP contribution < -0.4 is 4.74 Å². The van der Waals surface area contributed by atoms with Crippen molar-refractivity contribution in [1.82, 2.24) is 9.97 Å². The van der Waals surface area contributed by atoms with Crippen LogP contribution in [0.25, 0.3) is 10.9 Å². The summed E-state index contributed by atoms with van der Waals surface area (Å²) in [7, 11) is 0. The number of fused-ring (bicyclic) bond motifs is 1. The largest absolute Gasteiger partial charge is 0.438 e. The van der Waals surface area contributed by atoms with E-state index in [-0.39, 0.29) is 5.82 Å². The average Bonchev–Trinajstić information content (AvgIpc) is 2.42. The van der Waals surface area contributed by atoms with Gasteiger partial charge in [-0.25, -0.2) is 14.4 Å². The van der Waals surface area contributed by atoms with Crippen LogP contribution in [0.5, 0.6) is 11.6 Å². The van der Waals surface area contributed by atoms with Crippen LogP contribution >= 0.6 is 0 Å². The van der Waals surface area contributed by atoms with Crippen LogP contribution in [0.15, 0.2) is 48.8 Å². The molecule has 94 valence electrons. The van der Waals surface area contributed by atoms with Gasteiger partial charge in [0.05, 0.1) is 10.9 Å². The third-order valence-corrected chi connectivity index (χ3v) is 2.86. The summed E-state index contributed by atoms with van der Waals surface area (Å²) in [4.78, 5) is 8.37. The van der Waals surface area contributed by atoms with Gasteiger partial charge in [0.1, 0.15) is 17.9 Å². The smallest absolute Gasteiger partial charge is 0.230 e. The van der Waals surface area contributed by atoms with Gasteiger partial charge in [-0.05, 0) is 42.8 Å². The summed E-state index contributed by atoms with van der Waals surface area (Å²) in [5, 5.41) is 0.870. The minimum atomic E-state index is -0.295. The molecule has 3 rings (SSSR count). The van der Waals surface area contributed by atoms with E-state index in [1.165, 1.54) is 18.5 Å². The maximum absolute atomic E-state index is 12.9. The van der Waals surface area contributed by atoms with Crippen molar-refractivity contribution in [3.8, 4) is 11.6 Å². The second-order valence-electron chi connectivity index (χ2n) is 4.20. The molecule has 0 aliphatic carbocycles. The lowest BCUT2D eigenvalue weighted by Crippen LogP contribution is -1.93. The second kappa shape index (κ2) is 4.65. The molecule has 2 aromatic carbocycles. The lowest BCUT2D eigenvalue weighted by atomic mass is 10.1. The summed E-state index contributed by atoms with van der Waals surface area (Å²) in [5.41, 5.74) is 1.86. The molecule has 0 unspecified atom stereocenters. The highest BCUT2D eigenvalue weighted by molar-refractivity contribution is 5.86. The van der Waals surface area contributed by atoms with Gasteiger partial charge in [0.15, 0.2) is 0 Å². The lowest BCUT2D eigenvalue weighted by molar-refractivity contribution is 0.466. The Kier molecular flexibility index (Phi) is 2.83. The third-order valence-electron chi connectivity index (χ3n) is 2.86. The fourth-order valence-corrected chi connectivity index (χ4v) is 1.94. The van der Waals surface area contributed by atoms with Gasteiger partial charge in [-0.15, -0.1) is 0 Å². The first-order valence-electron chi connectivity index (χ1n) is 5.88. The van der Waals surface area contributed by atoms with Crippen molar-refractivity contribution in [3.63, 3.8) is 0 Å². The summed E-state index contributed by atoms with van der Waals surface area (Å²) in [6.45, 7) is 1.98. The van der Waals surface area contributed by atoms with Gasteiger partial charge in [-0.2, -0.15) is 0 Å². The van der Waals surface area contributed by atoms with Gasteiger partial charge < -0.3 is 4.74 Å². The minimum absolute atomic E-state index is 0.295. The molecule has 0 saturated carbocycles. The standard InChI is InChI=1S/C15H11FN2O/c1-10-3-2-4-13-14(10)15(18-9-17-13)19-12-7-5-11(16)6-8-12/h2-9H,1H3. The van der Waals surface area contributed by atoms with E-state index in [0.29, 0.717) is 11.6 Å². The fourth-order valence-electron chi connectivity index (χ4n) is 1.94. The number of ether oxygens (including phenoxy) is 1. The van der Waals surface area contributed by atoms with E-state index in [4.69, 9.17) is 4.74 Å². The number of hydrogen-bond acceptors (Lipinski definition) is 3. The highest BCUT2D eigenvalue weighted by atomic mass is 19.1. The fraction of sp³-hybridized carbons (Fsp3) is 0.0667. The second-order valence-corrected chi connectivity index (χ2v) is 4.20. The molecule has 0 amide bonds. The average molecular weight is 254 g/mol. The summed E-state index contributed by atoms with van der Waals surface area (Å²) in [5.74, 6) is 0.732. The first-order valence-corrected chi connectivity index (χ1v) is 5.88. The molecule has 1 heterocycles. The Labute approximate surface area is 109 Å². The molecular weight excluding hydrogens is 243 g/mol. The van der Waals surface area contributed by atoms with Gasteiger partial charge in [0.2, 0.25) is 5.88 Å². The normalized spacial score (nSPS) is 10.6. The van der Waals surface area contributed by atoms with Gasteiger partial charge in [0, 0.05) is 0 Å². The maximum Gasteiger partial charge on any atom is 0.230 e. The van der Waals surface area contributed by atoms with Gasteiger partial charge >= 0.3 is 0 Å². The highest BCUT2D eigenvalue weighted by Crippen LogP contribution is 2.28. The third kappa shape index (κ3) is 2.25. The van der Waals surface area contributed by atoms with Crippen LogP contribution in [0.2, 0.25) is 0 Å². The van der Waals surface area contributed by atoms with E-state index in [2.05, 4.69) is 9.97 Å². The molecule has 0 aliphatic heterocycles. The highest BCUT2D eigenvalue weighted by Gasteiger charge is 2.08. The maximum atomic E-state index is 12.9. The van der Waals surface area contributed by atoms with E-state index < -0.39 is 0 Å². The van der Waals surface area contributed by atoms with Crippen molar-refractivity contribution in [2.75, 3.05) is 0 Å². The Hall–Kier alpha value is -2.49. The Morgan fingerprint density at radius 3 is 2.58 bits per heavy atom. The molecule has 0 bridgehead atoms. The van der Waals surface area contributed by atoms with Crippen LogP contribution in [0.1, 0.15) is 5.56 Å². The number of aromatic nitrogens is 2. The van der Waals surface area contributed by atoms with Crippen molar-refractivity contribution in [2.45, 2.75) is 6.92 Å². The number of hydrogen-bond donors (Lipinski definition) is 0. The molecule has 0 spiro atoms. The van der Waals surface area contributed by atoms with Crippen molar-refractivity contribution in [1.29, 1.82) is 0 Å². The molecule has 0 aliphatic rings. The van der Waals surface area contributed by atoms with Crippen LogP contribution in [-0.2, 0) is 0 Å². The Balaban J connectivity index is 2.08. The Bertz CT molecular complexity index is 721. The molecule has 0 fully saturated rings. The Morgan fingerprint density at radius 1 is 1.00 bits per heavy atom. The monoisotopic (exact) mass is 254 g/mol. The number of aryl methyl sites for hydroxylation is 1. The molecule has 3 nitrogen and oxygen atoms in total. The number of nitrogens with zero attached hydrogens (tertiary/aromatic N) is 2. The van der Waals surface area contributed by atoms with Gasteiger partial charge in [-0.3, -0.25) is 0 Å². The molecule has 0 radical (unpaired) electrons. The number of rotatable bonds is 2. The van der Waals surface area contributed by atoms with E-state index in [9.17, 15) is 4.39 Å². The molecule has 0 atom stereocenters. The lowest BCUT2D eigenvalue weighted by Gasteiger charge is -2.08. The molecule has 0 saturated heterocycles. The zero-order chi connectivity index (χ0) is 13.2. The molecule has 1 aromatic heterocycles. The molecule has 4 heteroatoms. The predicted octanol–water partition coefficient (Wildman–Crippen LogP) is 3.87. The van der Waals surface area contributed by atoms with Crippen LogP contribution in [0, 0.1) is 12.7 Å². The molecule has 0 N–H and O–H groups in total. The number of halogens is 1. The van der Waals surface area contributed by atoms with Crippen molar-refractivity contribution >= 4 is 10.9 Å². The van der Waals surface area contributed by atoms with Crippen molar-refractivity contribution in [2.24, 2.45) is 0 Å². The van der Waals surface area contributed by atoms with Crippen molar-refractivity contribution in [3.05, 3.63) is 60.2 Å². The Morgan fingerprint density at radius 2 is 1.79 bits per heavy atom. The SMILES string of the molecule is Cc1cccc2ncnc(Oc3ccc(F)cc3)c12. The first kappa shape index (κ1) is 11.6. The van der Waals surface area contributed by atoms with E-state index in [1.807, 2.05) is 25.1 Å². The topological polar surface area (TPSA) is 35.0 Å². The number of benzene rings is 2. The minimum Gasteiger partial charge on any atom is -0.438 e. The zero-order valence-electron chi connectivity index (χ0n) is 10.3. The van der Waals surface area contributed by atoms with Gasteiger partial charge in [0.25, 0.3) is 0 Å².